The molecule has 1 aliphatic rings. The molecule has 18 heavy (non-hydrogen) atoms. The van der Waals surface area contributed by atoms with Crippen LogP contribution in [-0.2, 0) is 11.3 Å². The SMILES string of the molecule is CC(C)c1nnc(CN=C(N)N2CCOCC2)s1. The van der Waals surface area contributed by atoms with Gasteiger partial charge < -0.3 is 15.4 Å². The van der Waals surface area contributed by atoms with Crippen LogP contribution >= 0.6 is 11.3 Å². The number of hydrogen-bond donors (Lipinski definition) is 1. The molecule has 0 radical (unpaired) electrons. The normalized spacial score (nSPS) is 17.5. The quantitative estimate of drug-likeness (QED) is 0.649. The smallest absolute Gasteiger partial charge is 0.191 e. The summed E-state index contributed by atoms with van der Waals surface area (Å²) in [7, 11) is 0. The lowest BCUT2D eigenvalue weighted by Crippen LogP contribution is -2.44. The molecular weight excluding hydrogens is 250 g/mol. The lowest BCUT2D eigenvalue weighted by molar-refractivity contribution is 0.0674. The van der Waals surface area contributed by atoms with E-state index in [1.165, 1.54) is 0 Å². The zero-order valence-corrected chi connectivity index (χ0v) is 11.6. The number of aromatic nitrogens is 2. The molecule has 7 heteroatoms. The number of hydrogen-bond acceptors (Lipinski definition) is 5. The van der Waals surface area contributed by atoms with Crippen molar-refractivity contribution in [2.75, 3.05) is 26.3 Å². The van der Waals surface area contributed by atoms with Crippen LogP contribution in [0.2, 0.25) is 0 Å². The Kier molecular flexibility index (Phi) is 4.48. The Morgan fingerprint density at radius 3 is 2.78 bits per heavy atom. The third-order valence-corrected chi connectivity index (χ3v) is 3.90. The van der Waals surface area contributed by atoms with Crippen molar-refractivity contribution in [2.45, 2.75) is 26.3 Å². The van der Waals surface area contributed by atoms with Gasteiger partial charge in [-0.05, 0) is 0 Å². The van der Waals surface area contributed by atoms with E-state index < -0.39 is 0 Å². The predicted molar refractivity (Wildman–Crippen MR) is 71.7 cm³/mol. The summed E-state index contributed by atoms with van der Waals surface area (Å²) in [5.74, 6) is 0.983. The molecule has 0 atom stereocenters. The lowest BCUT2D eigenvalue weighted by Gasteiger charge is -2.27. The van der Waals surface area contributed by atoms with Crippen LogP contribution < -0.4 is 5.73 Å². The van der Waals surface area contributed by atoms with Gasteiger partial charge in [0.2, 0.25) is 0 Å². The molecule has 0 aromatic carbocycles. The van der Waals surface area contributed by atoms with E-state index in [4.69, 9.17) is 10.5 Å². The maximum absolute atomic E-state index is 5.94. The van der Waals surface area contributed by atoms with Crippen molar-refractivity contribution in [3.05, 3.63) is 10.0 Å². The van der Waals surface area contributed by atoms with Crippen molar-refractivity contribution in [3.63, 3.8) is 0 Å². The van der Waals surface area contributed by atoms with Gasteiger partial charge in [-0.25, -0.2) is 4.99 Å². The third-order valence-electron chi connectivity index (χ3n) is 2.69. The number of nitrogens with zero attached hydrogens (tertiary/aromatic N) is 4. The fourth-order valence-electron chi connectivity index (χ4n) is 1.60. The van der Waals surface area contributed by atoms with Crippen LogP contribution in [0, 0.1) is 0 Å². The van der Waals surface area contributed by atoms with E-state index in [-0.39, 0.29) is 0 Å². The molecular formula is C11H19N5OS. The second-order valence-electron chi connectivity index (χ2n) is 4.46. The van der Waals surface area contributed by atoms with Gasteiger partial charge in [-0.3, -0.25) is 0 Å². The van der Waals surface area contributed by atoms with Crippen LogP contribution in [0.5, 0.6) is 0 Å². The van der Waals surface area contributed by atoms with E-state index in [0.29, 0.717) is 31.6 Å². The molecule has 0 amide bonds. The minimum Gasteiger partial charge on any atom is -0.378 e. The van der Waals surface area contributed by atoms with Gasteiger partial charge in [0.25, 0.3) is 0 Å². The highest BCUT2D eigenvalue weighted by molar-refractivity contribution is 7.11. The van der Waals surface area contributed by atoms with Crippen LogP contribution in [0.3, 0.4) is 0 Å². The maximum Gasteiger partial charge on any atom is 0.191 e. The van der Waals surface area contributed by atoms with Gasteiger partial charge in [0.15, 0.2) is 5.96 Å². The summed E-state index contributed by atoms with van der Waals surface area (Å²) in [6.45, 7) is 7.77. The van der Waals surface area contributed by atoms with Gasteiger partial charge in [-0.1, -0.05) is 25.2 Å². The van der Waals surface area contributed by atoms with Crippen molar-refractivity contribution >= 4 is 17.3 Å². The van der Waals surface area contributed by atoms with Gasteiger partial charge in [0.1, 0.15) is 10.0 Å². The first-order valence-electron chi connectivity index (χ1n) is 6.11. The highest BCUT2D eigenvalue weighted by Gasteiger charge is 2.12. The Balaban J connectivity index is 1.91. The molecule has 0 unspecified atom stereocenters. The number of nitrogens with two attached hydrogens (primary N) is 1. The molecule has 0 spiro atoms. The molecule has 2 heterocycles. The average molecular weight is 269 g/mol. The lowest BCUT2D eigenvalue weighted by atomic mass is 10.2. The summed E-state index contributed by atoms with van der Waals surface area (Å²) >= 11 is 1.60. The molecule has 1 aromatic heterocycles. The van der Waals surface area contributed by atoms with Gasteiger partial charge in [-0.2, -0.15) is 0 Å². The van der Waals surface area contributed by atoms with Crippen LogP contribution in [0.15, 0.2) is 4.99 Å². The first-order chi connectivity index (χ1) is 8.66. The van der Waals surface area contributed by atoms with E-state index >= 15 is 0 Å². The van der Waals surface area contributed by atoms with Crippen molar-refractivity contribution in [2.24, 2.45) is 10.7 Å². The van der Waals surface area contributed by atoms with Gasteiger partial charge >= 0.3 is 0 Å². The summed E-state index contributed by atoms with van der Waals surface area (Å²) in [6.07, 6.45) is 0. The molecule has 1 saturated heterocycles. The van der Waals surface area contributed by atoms with Crippen LogP contribution in [0.25, 0.3) is 0 Å². The van der Waals surface area contributed by atoms with Gasteiger partial charge in [-0.15, -0.1) is 10.2 Å². The topological polar surface area (TPSA) is 76.6 Å². The Morgan fingerprint density at radius 1 is 1.44 bits per heavy atom. The second-order valence-corrected chi connectivity index (χ2v) is 5.56. The molecule has 6 nitrogen and oxygen atoms in total. The predicted octanol–water partition coefficient (Wildman–Crippen LogP) is 0.808. The Bertz CT molecular complexity index is 411. The summed E-state index contributed by atoms with van der Waals surface area (Å²) in [5, 5.41) is 10.2. The van der Waals surface area contributed by atoms with Crippen molar-refractivity contribution in [3.8, 4) is 0 Å². The number of ether oxygens (including phenoxy) is 1. The van der Waals surface area contributed by atoms with E-state index in [1.54, 1.807) is 11.3 Å². The summed E-state index contributed by atoms with van der Waals surface area (Å²) in [6, 6.07) is 0. The molecule has 2 N–H and O–H groups in total. The van der Waals surface area contributed by atoms with Crippen LogP contribution in [-0.4, -0.2) is 47.4 Å². The van der Waals surface area contributed by atoms with Crippen LogP contribution in [0.1, 0.15) is 29.8 Å². The highest BCUT2D eigenvalue weighted by atomic mass is 32.1. The average Bonchev–Trinajstić information content (AvgIpc) is 2.86. The monoisotopic (exact) mass is 269 g/mol. The molecule has 1 fully saturated rings. The zero-order valence-electron chi connectivity index (χ0n) is 10.8. The minimum atomic E-state index is 0.414. The zero-order chi connectivity index (χ0) is 13.0. The third kappa shape index (κ3) is 3.39. The maximum atomic E-state index is 5.94. The molecule has 0 saturated carbocycles. The van der Waals surface area contributed by atoms with Gasteiger partial charge in [0, 0.05) is 19.0 Å². The second kappa shape index (κ2) is 6.10. The largest absolute Gasteiger partial charge is 0.378 e. The van der Waals surface area contributed by atoms with E-state index in [9.17, 15) is 0 Å². The van der Waals surface area contributed by atoms with Crippen molar-refractivity contribution in [1.29, 1.82) is 0 Å². The number of rotatable bonds is 3. The summed E-state index contributed by atoms with van der Waals surface area (Å²) in [5.41, 5.74) is 5.94. The highest BCUT2D eigenvalue weighted by Crippen LogP contribution is 2.19. The van der Waals surface area contributed by atoms with E-state index in [1.807, 2.05) is 4.90 Å². The minimum absolute atomic E-state index is 0.414. The Hall–Kier alpha value is -1.21. The Labute approximate surface area is 111 Å². The molecule has 0 bridgehead atoms. The molecule has 100 valence electrons. The van der Waals surface area contributed by atoms with E-state index in [2.05, 4.69) is 29.0 Å². The van der Waals surface area contributed by atoms with E-state index in [0.717, 1.165) is 23.1 Å². The summed E-state index contributed by atoms with van der Waals surface area (Å²) in [4.78, 5) is 6.40. The van der Waals surface area contributed by atoms with Crippen LogP contribution in [0.4, 0.5) is 0 Å². The standard InChI is InChI=1S/C11H19N5OS/c1-8(2)10-15-14-9(18-10)7-13-11(12)16-3-5-17-6-4-16/h8H,3-7H2,1-2H3,(H2,12,13). The Morgan fingerprint density at radius 2 is 2.17 bits per heavy atom. The van der Waals surface area contributed by atoms with Gasteiger partial charge in [0.05, 0.1) is 19.8 Å². The molecule has 1 aromatic rings. The fourth-order valence-corrected chi connectivity index (χ4v) is 2.37. The first-order valence-corrected chi connectivity index (χ1v) is 6.93. The molecule has 2 rings (SSSR count). The number of morpholine rings is 1. The molecule has 1 aliphatic heterocycles. The fraction of sp³-hybridized carbons (Fsp3) is 0.727. The number of guanidine groups is 1. The van der Waals surface area contributed by atoms with Crippen molar-refractivity contribution < 1.29 is 4.74 Å². The van der Waals surface area contributed by atoms with Crippen molar-refractivity contribution in [1.82, 2.24) is 15.1 Å². The first kappa shape index (κ1) is 13.2. The molecule has 0 aliphatic carbocycles. The number of aliphatic imine (C=N–C) groups is 1. The summed E-state index contributed by atoms with van der Waals surface area (Å²) < 4.78 is 5.27.